The van der Waals surface area contributed by atoms with Crippen LogP contribution in [0.2, 0.25) is 0 Å². The van der Waals surface area contributed by atoms with Crippen molar-refractivity contribution in [1.29, 1.82) is 0 Å². The van der Waals surface area contributed by atoms with Crippen LogP contribution in [0.3, 0.4) is 0 Å². The molecule has 6 heteroatoms. The number of fused-ring (bicyclic) bond motifs is 3. The van der Waals surface area contributed by atoms with E-state index in [4.69, 9.17) is 4.74 Å². The average molecular weight is 366 g/mol. The van der Waals surface area contributed by atoms with Gasteiger partial charge in [-0.2, -0.15) is 0 Å². The maximum Gasteiger partial charge on any atom is 0.270 e. The largest absolute Gasteiger partial charge is 0.489 e. The molecule has 1 saturated heterocycles. The van der Waals surface area contributed by atoms with E-state index < -0.39 is 4.92 Å². The number of rotatable bonds is 3. The Bertz CT molecular complexity index is 801. The number of likely N-dealkylation sites (tertiary alicyclic amines) is 1. The minimum Gasteiger partial charge on any atom is -0.489 e. The lowest BCUT2D eigenvalue weighted by molar-refractivity contribution is -0.384. The summed E-state index contributed by atoms with van der Waals surface area (Å²) in [5, 5.41) is 10.6. The highest BCUT2D eigenvalue weighted by atomic mass is 16.6. The first-order valence-corrected chi connectivity index (χ1v) is 9.05. The summed E-state index contributed by atoms with van der Waals surface area (Å²) >= 11 is 0. The minimum atomic E-state index is -0.441. The highest BCUT2D eigenvalue weighted by Crippen LogP contribution is 2.19. The van der Waals surface area contributed by atoms with Crippen LogP contribution in [0, 0.1) is 10.1 Å². The number of carbonyl (C=O) groups is 1. The van der Waals surface area contributed by atoms with Gasteiger partial charge in [0.15, 0.2) is 0 Å². The molecular formula is C21H22N2O4. The molecule has 1 fully saturated rings. The third kappa shape index (κ3) is 5.41. The number of amides is 1. The van der Waals surface area contributed by atoms with Crippen molar-refractivity contribution >= 4 is 17.7 Å². The molecule has 2 bridgehead atoms. The lowest BCUT2D eigenvalue weighted by Crippen LogP contribution is -2.34. The fourth-order valence-corrected chi connectivity index (χ4v) is 2.98. The number of nitrogens with zero attached hydrogens (tertiary/aromatic N) is 2. The molecule has 2 aromatic rings. The van der Waals surface area contributed by atoms with Crippen LogP contribution >= 0.6 is 0 Å². The SMILES string of the molecule is O=C(C=Cc1cccc([N+](=O)[O-])c1)N1CCCCC1.c1cc2ccc1CO2. The molecule has 2 aromatic carbocycles. The first kappa shape index (κ1) is 18.6. The van der Waals surface area contributed by atoms with E-state index in [0.29, 0.717) is 5.56 Å². The summed E-state index contributed by atoms with van der Waals surface area (Å²) in [5.41, 5.74) is 1.96. The molecule has 140 valence electrons. The fourth-order valence-electron chi connectivity index (χ4n) is 2.98. The summed E-state index contributed by atoms with van der Waals surface area (Å²) in [6.07, 6.45) is 6.40. The predicted octanol–water partition coefficient (Wildman–Crippen LogP) is 4.20. The number of non-ortho nitro benzene ring substituents is 1. The van der Waals surface area contributed by atoms with Gasteiger partial charge in [0.2, 0.25) is 5.91 Å². The Kier molecular flexibility index (Phi) is 6.20. The van der Waals surface area contributed by atoms with Crippen LogP contribution in [0.1, 0.15) is 30.4 Å². The van der Waals surface area contributed by atoms with Gasteiger partial charge in [-0.25, -0.2) is 0 Å². The summed E-state index contributed by atoms with van der Waals surface area (Å²) in [7, 11) is 0. The molecule has 0 aromatic heterocycles. The van der Waals surface area contributed by atoms with Gasteiger partial charge in [0.25, 0.3) is 5.69 Å². The third-order valence-electron chi connectivity index (χ3n) is 4.50. The number of ether oxygens (including phenoxy) is 1. The first-order valence-electron chi connectivity index (χ1n) is 9.05. The molecule has 5 rings (SSSR count). The third-order valence-corrected chi connectivity index (χ3v) is 4.50. The Morgan fingerprint density at radius 3 is 2.33 bits per heavy atom. The molecule has 3 aliphatic heterocycles. The van der Waals surface area contributed by atoms with Gasteiger partial charge in [-0.05, 0) is 48.6 Å². The van der Waals surface area contributed by atoms with Crippen LogP contribution in [0.25, 0.3) is 6.08 Å². The molecule has 0 atom stereocenters. The van der Waals surface area contributed by atoms with Gasteiger partial charge in [0.05, 0.1) is 4.92 Å². The summed E-state index contributed by atoms with van der Waals surface area (Å²) in [6, 6.07) is 14.4. The lowest BCUT2D eigenvalue weighted by atomic mass is 10.1. The molecule has 0 aliphatic carbocycles. The van der Waals surface area contributed by atoms with Crippen molar-refractivity contribution in [2.24, 2.45) is 0 Å². The molecule has 0 radical (unpaired) electrons. The van der Waals surface area contributed by atoms with E-state index >= 15 is 0 Å². The number of carbonyl (C=O) groups excluding carboxylic acids is 1. The Labute approximate surface area is 158 Å². The lowest BCUT2D eigenvalue weighted by Gasteiger charge is -2.25. The van der Waals surface area contributed by atoms with Gasteiger partial charge in [-0.15, -0.1) is 0 Å². The Morgan fingerprint density at radius 1 is 1.07 bits per heavy atom. The van der Waals surface area contributed by atoms with Crippen LogP contribution in [0.4, 0.5) is 5.69 Å². The predicted molar refractivity (Wildman–Crippen MR) is 103 cm³/mol. The van der Waals surface area contributed by atoms with Gasteiger partial charge in [0, 0.05) is 31.3 Å². The highest BCUT2D eigenvalue weighted by Gasteiger charge is 2.13. The van der Waals surface area contributed by atoms with Crippen molar-refractivity contribution < 1.29 is 14.5 Å². The van der Waals surface area contributed by atoms with E-state index in [0.717, 1.165) is 38.3 Å². The van der Waals surface area contributed by atoms with Gasteiger partial charge in [-0.3, -0.25) is 14.9 Å². The van der Waals surface area contributed by atoms with Gasteiger partial charge in [0.1, 0.15) is 12.4 Å². The van der Waals surface area contributed by atoms with Crippen molar-refractivity contribution in [2.45, 2.75) is 25.9 Å². The number of hydrogen-bond donors (Lipinski definition) is 0. The smallest absolute Gasteiger partial charge is 0.270 e. The quantitative estimate of drug-likeness (QED) is 0.464. The van der Waals surface area contributed by atoms with E-state index in [9.17, 15) is 14.9 Å². The fraction of sp³-hybridized carbons (Fsp3) is 0.286. The first-order chi connectivity index (χ1) is 13.1. The standard InChI is InChI=1S/C14H16N2O3.C7H6O/c17-14(15-9-2-1-3-10-15)8-7-12-5-4-6-13(11-12)16(18)19;1-3-7-4-2-6(1)5-8-7/h4-8,11H,1-3,9-10H2;1-4H,5H2. The second-order valence-corrected chi connectivity index (χ2v) is 6.50. The molecule has 0 unspecified atom stereocenters. The summed E-state index contributed by atoms with van der Waals surface area (Å²) in [4.78, 5) is 23.9. The number of benzene rings is 2. The molecule has 3 aliphatic rings. The Morgan fingerprint density at radius 2 is 1.81 bits per heavy atom. The normalized spacial score (nSPS) is 15.0. The highest BCUT2D eigenvalue weighted by molar-refractivity contribution is 5.91. The maximum atomic E-state index is 11.9. The molecule has 3 heterocycles. The number of hydrogen-bond acceptors (Lipinski definition) is 4. The second kappa shape index (κ2) is 8.98. The van der Waals surface area contributed by atoms with Crippen molar-refractivity contribution in [3.8, 4) is 5.75 Å². The average Bonchev–Trinajstić information content (AvgIpc) is 2.75. The zero-order chi connectivity index (χ0) is 19.1. The minimum absolute atomic E-state index is 0.0220. The van der Waals surface area contributed by atoms with E-state index in [-0.39, 0.29) is 11.6 Å². The van der Waals surface area contributed by atoms with Crippen molar-refractivity contribution in [2.75, 3.05) is 13.1 Å². The molecule has 1 amide bonds. The van der Waals surface area contributed by atoms with Gasteiger partial charge in [-0.1, -0.05) is 24.3 Å². The van der Waals surface area contributed by atoms with Crippen LogP contribution in [-0.4, -0.2) is 28.8 Å². The summed E-state index contributed by atoms with van der Waals surface area (Å²) < 4.78 is 5.18. The summed E-state index contributed by atoms with van der Waals surface area (Å²) in [5.74, 6) is 0.964. The maximum absolute atomic E-state index is 11.9. The molecule has 0 saturated carbocycles. The number of nitro groups is 1. The molecule has 0 N–H and O–H groups in total. The van der Waals surface area contributed by atoms with Crippen molar-refractivity contribution in [3.05, 3.63) is 75.8 Å². The number of nitro benzene ring substituents is 1. The van der Waals surface area contributed by atoms with E-state index in [2.05, 4.69) is 12.1 Å². The zero-order valence-electron chi connectivity index (χ0n) is 15.0. The van der Waals surface area contributed by atoms with Gasteiger partial charge < -0.3 is 9.64 Å². The monoisotopic (exact) mass is 366 g/mol. The molecule has 0 spiro atoms. The molecular weight excluding hydrogens is 344 g/mol. The summed E-state index contributed by atoms with van der Waals surface area (Å²) in [6.45, 7) is 2.37. The zero-order valence-corrected chi connectivity index (χ0v) is 15.0. The van der Waals surface area contributed by atoms with Crippen LogP contribution in [0.5, 0.6) is 5.75 Å². The Balaban J connectivity index is 0.000000216. The van der Waals surface area contributed by atoms with Gasteiger partial charge >= 0.3 is 0 Å². The second-order valence-electron chi connectivity index (χ2n) is 6.50. The van der Waals surface area contributed by atoms with E-state index in [1.807, 2.05) is 17.0 Å². The topological polar surface area (TPSA) is 72.7 Å². The van der Waals surface area contributed by atoms with Crippen molar-refractivity contribution in [1.82, 2.24) is 4.90 Å². The number of piperidine rings is 1. The Hall–Kier alpha value is -3.15. The molecule has 27 heavy (non-hydrogen) atoms. The molecule has 6 nitrogen and oxygen atoms in total. The van der Waals surface area contributed by atoms with E-state index in [1.54, 1.807) is 18.2 Å². The van der Waals surface area contributed by atoms with Crippen LogP contribution < -0.4 is 4.74 Å². The van der Waals surface area contributed by atoms with Crippen molar-refractivity contribution in [3.63, 3.8) is 0 Å². The van der Waals surface area contributed by atoms with Crippen LogP contribution in [0.15, 0.2) is 54.6 Å². The van der Waals surface area contributed by atoms with Crippen LogP contribution in [-0.2, 0) is 11.4 Å². The van der Waals surface area contributed by atoms with E-state index in [1.165, 1.54) is 30.2 Å².